The molecular weight excluding hydrogens is 644 g/mol. The number of carbonyl (C=O) groups is 1. The van der Waals surface area contributed by atoms with Crippen molar-refractivity contribution in [3.8, 4) is 0 Å². The first-order valence-corrected chi connectivity index (χ1v) is 20.7. The molecule has 8 heteroatoms. The quantitative estimate of drug-likeness (QED) is 0.275. The molecule has 8 nitrogen and oxygen atoms in total. The summed E-state index contributed by atoms with van der Waals surface area (Å²) in [5, 5.41) is 0. The van der Waals surface area contributed by atoms with Crippen LogP contribution in [0, 0.1) is 29.6 Å². The van der Waals surface area contributed by atoms with Crippen LogP contribution in [0.1, 0.15) is 118 Å². The Morgan fingerprint density at radius 2 is 1.57 bits per heavy atom. The standard InChI is InChI=1S/C43H64O8/c1-8-23(2)17-35-27(6)32-20-29(44)11-9-10-12-34-28(7)39-41-42(48-34)40-38(49-41)22-43(50-39,51-40)16-15-31-19-25(4)33(45-31)14-13-30-18-24(3)26(5)36(46-30)21-37(32)47-35/h9-10,23-24,27-28,30-42H,4-5,8,11-22H2,1-3,6-7H3/b10-9+/t23-,24-,27-,28?,30?,31?,32-,33+,34+,35-,36-,37?,38-,39+,40+,41+,42+,43-/m1/s1. The first-order valence-electron chi connectivity index (χ1n) is 20.7. The number of hydrogen-bond donors (Lipinski definition) is 0. The Labute approximate surface area is 306 Å². The molecule has 8 fully saturated rings. The molecule has 51 heavy (non-hydrogen) atoms. The Hall–Kier alpha value is -1.39. The molecule has 0 aromatic heterocycles. The lowest BCUT2D eigenvalue weighted by molar-refractivity contribution is -0.262. The maximum Gasteiger partial charge on any atom is 0.172 e. The van der Waals surface area contributed by atoms with Crippen LogP contribution in [0.3, 0.4) is 0 Å². The summed E-state index contributed by atoms with van der Waals surface area (Å²) in [6.07, 6.45) is 14.9. The molecule has 9 heterocycles. The SMILES string of the molecule is C=C1CC2CC[C@@]34C[C@H]5O[C@@H]6[C@@H](O[C@@H](C/C=C/CC(=O)C[C@H]7C(C[C@H]8OC(CC[C@@H]1O2)C[C@@H](C)C8=C)O[C@H](C[C@H](C)CC)[C@@H]7C)C(C)[C@@H]6O3)[C@H]5O4. The third-order valence-corrected chi connectivity index (χ3v) is 14.5. The van der Waals surface area contributed by atoms with Crippen LogP contribution < -0.4 is 0 Å². The lowest BCUT2D eigenvalue weighted by Crippen LogP contribution is -2.54. The number of allylic oxidation sites excluding steroid dienone is 1. The molecule has 0 radical (unpaired) electrons. The largest absolute Gasteiger partial charge is 0.374 e. The molecule has 1 spiro atoms. The minimum atomic E-state index is -0.662. The fourth-order valence-electron chi connectivity index (χ4n) is 10.9. The normalized spacial score (nSPS) is 51.4. The van der Waals surface area contributed by atoms with Gasteiger partial charge >= 0.3 is 0 Å². The highest BCUT2D eigenvalue weighted by Crippen LogP contribution is 2.54. The van der Waals surface area contributed by atoms with Crippen LogP contribution in [0.5, 0.6) is 0 Å². The summed E-state index contributed by atoms with van der Waals surface area (Å²) in [5.41, 5.74) is 2.35. The Balaban J connectivity index is 1.03. The van der Waals surface area contributed by atoms with Crippen LogP contribution in [-0.2, 0) is 38.0 Å². The third kappa shape index (κ3) is 7.14. The highest BCUT2D eigenvalue weighted by atomic mass is 16.8. The van der Waals surface area contributed by atoms with Crippen molar-refractivity contribution in [3.63, 3.8) is 0 Å². The molecule has 8 saturated heterocycles. The van der Waals surface area contributed by atoms with E-state index in [2.05, 4.69) is 59.9 Å². The smallest absolute Gasteiger partial charge is 0.172 e. The molecule has 0 aliphatic carbocycles. The van der Waals surface area contributed by atoms with Crippen molar-refractivity contribution in [2.75, 3.05) is 0 Å². The van der Waals surface area contributed by atoms with Gasteiger partial charge in [-0.2, -0.15) is 0 Å². The van der Waals surface area contributed by atoms with E-state index in [4.69, 9.17) is 33.2 Å². The molecule has 284 valence electrons. The number of ether oxygens (including phenoxy) is 7. The lowest BCUT2D eigenvalue weighted by Gasteiger charge is -2.42. The van der Waals surface area contributed by atoms with Crippen molar-refractivity contribution >= 4 is 5.78 Å². The molecule has 9 aliphatic heterocycles. The number of ketones is 1. The number of hydrogen-bond acceptors (Lipinski definition) is 8. The van der Waals surface area contributed by atoms with E-state index in [1.54, 1.807) is 0 Å². The van der Waals surface area contributed by atoms with Crippen LogP contribution in [0.4, 0.5) is 0 Å². The van der Waals surface area contributed by atoms with Crippen molar-refractivity contribution in [2.24, 2.45) is 29.6 Å². The number of carbonyl (C=O) groups excluding carboxylic acids is 1. The summed E-state index contributed by atoms with van der Waals surface area (Å²) in [6.45, 7) is 20.4. The van der Waals surface area contributed by atoms with E-state index in [1.165, 1.54) is 11.1 Å². The minimum absolute atomic E-state index is 0.00300. The van der Waals surface area contributed by atoms with Crippen LogP contribution in [0.15, 0.2) is 36.5 Å². The molecule has 18 atom stereocenters. The number of Topliss-reactive ketones (excluding diaryl/α,β-unsaturated/α-hetero) is 1. The molecule has 0 saturated carbocycles. The molecule has 9 rings (SSSR count). The second kappa shape index (κ2) is 14.7. The molecule has 11 bridgehead atoms. The average Bonchev–Trinajstić information content (AvgIpc) is 3.76. The summed E-state index contributed by atoms with van der Waals surface area (Å²) < 4.78 is 47.5. The Morgan fingerprint density at radius 1 is 0.804 bits per heavy atom. The van der Waals surface area contributed by atoms with Gasteiger partial charge in [-0.05, 0) is 79.8 Å². The van der Waals surface area contributed by atoms with E-state index >= 15 is 0 Å². The van der Waals surface area contributed by atoms with Gasteiger partial charge in [0.2, 0.25) is 0 Å². The lowest BCUT2D eigenvalue weighted by atomic mass is 9.78. The van der Waals surface area contributed by atoms with Crippen molar-refractivity contribution in [1.29, 1.82) is 0 Å². The van der Waals surface area contributed by atoms with E-state index < -0.39 is 5.79 Å². The van der Waals surface area contributed by atoms with Crippen molar-refractivity contribution in [1.82, 2.24) is 0 Å². The molecule has 0 N–H and O–H groups in total. The highest BCUT2D eigenvalue weighted by Gasteiger charge is 2.67. The first kappa shape index (κ1) is 36.6. The average molecular weight is 709 g/mol. The molecule has 0 aromatic rings. The molecule has 0 aromatic carbocycles. The zero-order valence-electron chi connectivity index (χ0n) is 31.8. The summed E-state index contributed by atoms with van der Waals surface area (Å²) in [6, 6.07) is 0. The third-order valence-electron chi connectivity index (χ3n) is 14.5. The summed E-state index contributed by atoms with van der Waals surface area (Å²) in [5.74, 6) is 1.19. The predicted octanol–water partition coefficient (Wildman–Crippen LogP) is 7.82. The Morgan fingerprint density at radius 3 is 2.39 bits per heavy atom. The maximum atomic E-state index is 13.6. The molecule has 4 unspecified atom stereocenters. The van der Waals surface area contributed by atoms with Crippen molar-refractivity contribution in [2.45, 2.75) is 197 Å². The fraction of sp³-hybridized carbons (Fsp3) is 0.837. The van der Waals surface area contributed by atoms with E-state index in [9.17, 15) is 4.79 Å². The molecular formula is C43H64O8. The second-order valence-electron chi connectivity index (χ2n) is 18.0. The highest BCUT2D eigenvalue weighted by molar-refractivity contribution is 5.80. The molecule has 9 aliphatic rings. The van der Waals surface area contributed by atoms with Gasteiger partial charge in [0.15, 0.2) is 5.79 Å². The zero-order chi connectivity index (χ0) is 35.6. The van der Waals surface area contributed by atoms with Gasteiger partial charge < -0.3 is 33.2 Å². The fourth-order valence-corrected chi connectivity index (χ4v) is 10.9. The van der Waals surface area contributed by atoms with Gasteiger partial charge in [0, 0.05) is 38.0 Å². The van der Waals surface area contributed by atoms with E-state index in [1.807, 2.05) is 0 Å². The Kier molecular flexibility index (Phi) is 10.5. The Bertz CT molecular complexity index is 1340. The van der Waals surface area contributed by atoms with E-state index in [-0.39, 0.29) is 90.9 Å². The molecule has 0 amide bonds. The van der Waals surface area contributed by atoms with Gasteiger partial charge in [-0.3, -0.25) is 4.79 Å². The van der Waals surface area contributed by atoms with Crippen LogP contribution in [-0.4, -0.2) is 84.8 Å². The van der Waals surface area contributed by atoms with Crippen LogP contribution >= 0.6 is 0 Å². The van der Waals surface area contributed by atoms with Gasteiger partial charge in [0.25, 0.3) is 0 Å². The zero-order valence-corrected chi connectivity index (χ0v) is 31.8. The maximum absolute atomic E-state index is 13.6. The van der Waals surface area contributed by atoms with Gasteiger partial charge in [0.05, 0.1) is 54.9 Å². The van der Waals surface area contributed by atoms with Gasteiger partial charge in [-0.15, -0.1) is 0 Å². The van der Waals surface area contributed by atoms with Crippen molar-refractivity contribution in [3.05, 3.63) is 36.5 Å². The van der Waals surface area contributed by atoms with E-state index in [0.29, 0.717) is 30.6 Å². The van der Waals surface area contributed by atoms with E-state index in [0.717, 1.165) is 70.6 Å². The predicted molar refractivity (Wildman–Crippen MR) is 194 cm³/mol. The van der Waals surface area contributed by atoms with Crippen molar-refractivity contribution < 1.29 is 38.0 Å². The number of fused-ring (bicyclic) bond motifs is 6. The first-order chi connectivity index (χ1) is 24.5. The second-order valence-corrected chi connectivity index (χ2v) is 18.0. The monoisotopic (exact) mass is 708 g/mol. The van der Waals surface area contributed by atoms with Gasteiger partial charge in [-0.1, -0.05) is 66.3 Å². The van der Waals surface area contributed by atoms with Gasteiger partial charge in [0.1, 0.15) is 24.1 Å². The minimum Gasteiger partial charge on any atom is -0.374 e. The van der Waals surface area contributed by atoms with Gasteiger partial charge in [-0.25, -0.2) is 0 Å². The summed E-state index contributed by atoms with van der Waals surface area (Å²) in [7, 11) is 0. The van der Waals surface area contributed by atoms with Crippen LogP contribution in [0.25, 0.3) is 0 Å². The van der Waals surface area contributed by atoms with Crippen LogP contribution in [0.2, 0.25) is 0 Å². The number of rotatable bonds is 3. The summed E-state index contributed by atoms with van der Waals surface area (Å²) in [4.78, 5) is 13.6. The summed E-state index contributed by atoms with van der Waals surface area (Å²) >= 11 is 0. The topological polar surface area (TPSA) is 81.7 Å².